The van der Waals surface area contributed by atoms with Gasteiger partial charge in [-0.1, -0.05) is 0 Å². The number of nitrogens with one attached hydrogen (secondary N) is 1. The van der Waals surface area contributed by atoms with Crippen molar-refractivity contribution in [3.05, 3.63) is 0 Å². The highest BCUT2D eigenvalue weighted by Gasteiger charge is 2.34. The summed E-state index contributed by atoms with van der Waals surface area (Å²) in [6.45, 7) is 10.7. The van der Waals surface area contributed by atoms with Gasteiger partial charge in [-0.05, 0) is 41.5 Å². The summed E-state index contributed by atoms with van der Waals surface area (Å²) in [4.78, 5) is 11.6. The number of ether oxygens (including phenoxy) is 1. The summed E-state index contributed by atoms with van der Waals surface area (Å²) >= 11 is 0. The van der Waals surface area contributed by atoms with E-state index in [9.17, 15) is 9.36 Å². The van der Waals surface area contributed by atoms with Crippen LogP contribution < -0.4 is 5.32 Å². The van der Waals surface area contributed by atoms with Gasteiger partial charge >= 0.3 is 13.7 Å². The number of rotatable bonds is 6. The molecule has 0 aromatic carbocycles. The average molecular weight is 281 g/mol. The van der Waals surface area contributed by atoms with Crippen molar-refractivity contribution in [3.8, 4) is 0 Å². The van der Waals surface area contributed by atoms with Crippen molar-refractivity contribution in [2.75, 3.05) is 13.2 Å². The highest BCUT2D eigenvalue weighted by molar-refractivity contribution is 7.54. The number of alkyl carbamates (subject to hydrolysis) is 1. The molecule has 0 rings (SSSR count). The third-order valence-corrected chi connectivity index (χ3v) is 4.13. The molecule has 0 radical (unpaired) electrons. The SMILES string of the molecule is CCOP(=O)(OCC)C(C)NC(=O)OC(C)(C)C. The Kier molecular flexibility index (Phi) is 6.89. The van der Waals surface area contributed by atoms with E-state index in [4.69, 9.17) is 13.8 Å². The second kappa shape index (κ2) is 7.12. The summed E-state index contributed by atoms with van der Waals surface area (Å²) in [7, 11) is -3.34. The molecule has 6 nitrogen and oxygen atoms in total. The molecule has 0 saturated carbocycles. The third kappa shape index (κ3) is 6.38. The van der Waals surface area contributed by atoms with Crippen LogP contribution in [0.25, 0.3) is 0 Å². The molecular weight excluding hydrogens is 257 g/mol. The molecular formula is C11H24NO5P. The zero-order valence-electron chi connectivity index (χ0n) is 12.0. The first-order valence-electron chi connectivity index (χ1n) is 6.03. The lowest BCUT2D eigenvalue weighted by Crippen LogP contribution is -2.38. The molecule has 0 bridgehead atoms. The van der Waals surface area contributed by atoms with Crippen molar-refractivity contribution in [2.24, 2.45) is 0 Å². The fourth-order valence-corrected chi connectivity index (χ4v) is 2.68. The lowest BCUT2D eigenvalue weighted by molar-refractivity contribution is 0.0513. The zero-order valence-corrected chi connectivity index (χ0v) is 12.9. The number of hydrogen-bond acceptors (Lipinski definition) is 5. The van der Waals surface area contributed by atoms with E-state index in [-0.39, 0.29) is 13.2 Å². The topological polar surface area (TPSA) is 73.9 Å². The normalized spacial score (nSPS) is 14.1. The van der Waals surface area contributed by atoms with Gasteiger partial charge in [0, 0.05) is 0 Å². The van der Waals surface area contributed by atoms with Gasteiger partial charge < -0.3 is 19.1 Å². The molecule has 1 N–H and O–H groups in total. The monoisotopic (exact) mass is 281 g/mol. The lowest BCUT2D eigenvalue weighted by Gasteiger charge is -2.26. The molecule has 1 unspecified atom stereocenters. The molecule has 0 spiro atoms. The molecule has 0 aromatic heterocycles. The van der Waals surface area contributed by atoms with Gasteiger partial charge in [-0.2, -0.15) is 0 Å². The maximum atomic E-state index is 12.3. The number of carbonyl (C=O) groups is 1. The maximum Gasteiger partial charge on any atom is 0.408 e. The minimum atomic E-state index is -3.34. The fraction of sp³-hybridized carbons (Fsp3) is 0.909. The highest BCUT2D eigenvalue weighted by atomic mass is 31.2. The van der Waals surface area contributed by atoms with E-state index in [0.29, 0.717) is 0 Å². The average Bonchev–Trinajstić information content (AvgIpc) is 2.14. The molecule has 1 atom stereocenters. The summed E-state index contributed by atoms with van der Waals surface area (Å²) < 4.78 is 27.6. The van der Waals surface area contributed by atoms with Crippen LogP contribution in [0.1, 0.15) is 41.5 Å². The number of amides is 1. The molecule has 0 saturated heterocycles. The smallest absolute Gasteiger partial charge is 0.408 e. The Balaban J connectivity index is 4.56. The van der Waals surface area contributed by atoms with Crippen molar-refractivity contribution in [2.45, 2.75) is 52.9 Å². The third-order valence-electron chi connectivity index (χ3n) is 1.82. The Morgan fingerprint density at radius 1 is 1.22 bits per heavy atom. The van der Waals surface area contributed by atoms with Crippen LogP contribution in [0.5, 0.6) is 0 Å². The Morgan fingerprint density at radius 2 is 1.67 bits per heavy atom. The fourth-order valence-electron chi connectivity index (χ4n) is 1.18. The lowest BCUT2D eigenvalue weighted by atomic mass is 10.2. The van der Waals surface area contributed by atoms with Crippen LogP contribution in [0.15, 0.2) is 0 Å². The number of hydrogen-bond donors (Lipinski definition) is 1. The molecule has 0 aliphatic rings. The molecule has 7 heteroatoms. The van der Waals surface area contributed by atoms with E-state index in [2.05, 4.69) is 5.32 Å². The van der Waals surface area contributed by atoms with Gasteiger partial charge in [-0.25, -0.2) is 4.79 Å². The second-order valence-corrected chi connectivity index (χ2v) is 7.07. The van der Waals surface area contributed by atoms with Crippen LogP contribution >= 0.6 is 7.60 Å². The molecule has 1 amide bonds. The van der Waals surface area contributed by atoms with Gasteiger partial charge in [0.2, 0.25) is 0 Å². The Bertz CT molecular complexity index is 303. The van der Waals surface area contributed by atoms with Gasteiger partial charge in [0.25, 0.3) is 0 Å². The van der Waals surface area contributed by atoms with E-state index in [1.807, 2.05) is 0 Å². The predicted octanol–water partition coefficient (Wildman–Crippen LogP) is 3.12. The standard InChI is InChI=1S/C11H24NO5P/c1-7-15-18(14,16-8-2)9(3)12-10(13)17-11(4,5)6/h9H,7-8H2,1-6H3,(H,12,13). The first-order chi connectivity index (χ1) is 8.14. The Morgan fingerprint density at radius 3 is 2.00 bits per heavy atom. The van der Waals surface area contributed by atoms with Gasteiger partial charge in [0.15, 0.2) is 0 Å². The largest absolute Gasteiger partial charge is 0.444 e. The van der Waals surface area contributed by atoms with Gasteiger partial charge in [-0.15, -0.1) is 0 Å². The van der Waals surface area contributed by atoms with Crippen LogP contribution in [-0.4, -0.2) is 30.7 Å². The minimum Gasteiger partial charge on any atom is -0.444 e. The first-order valence-corrected chi connectivity index (χ1v) is 7.64. The van der Waals surface area contributed by atoms with Crippen molar-refractivity contribution in [1.82, 2.24) is 5.32 Å². The molecule has 0 aromatic rings. The second-order valence-electron chi connectivity index (χ2n) is 4.70. The van der Waals surface area contributed by atoms with E-state index in [0.717, 1.165) is 0 Å². The van der Waals surface area contributed by atoms with Crippen molar-refractivity contribution in [1.29, 1.82) is 0 Å². The zero-order chi connectivity index (χ0) is 14.4. The van der Waals surface area contributed by atoms with Gasteiger partial charge in [0.1, 0.15) is 11.4 Å². The Labute approximate surface area is 109 Å². The quantitative estimate of drug-likeness (QED) is 0.757. The molecule has 108 valence electrons. The summed E-state index contributed by atoms with van der Waals surface area (Å²) in [6.07, 6.45) is -0.644. The molecule has 0 aliphatic heterocycles. The Hall–Kier alpha value is -0.580. The van der Waals surface area contributed by atoms with Crippen LogP contribution in [-0.2, 0) is 18.3 Å². The van der Waals surface area contributed by atoms with E-state index in [1.54, 1.807) is 41.5 Å². The molecule has 0 fully saturated rings. The van der Waals surface area contributed by atoms with Crippen LogP contribution in [0.2, 0.25) is 0 Å². The summed E-state index contributed by atoms with van der Waals surface area (Å²) in [6, 6.07) is 0. The highest BCUT2D eigenvalue weighted by Crippen LogP contribution is 2.51. The van der Waals surface area contributed by atoms with Crippen LogP contribution in [0.4, 0.5) is 4.79 Å². The van der Waals surface area contributed by atoms with Gasteiger partial charge in [0.05, 0.1) is 13.2 Å². The van der Waals surface area contributed by atoms with Crippen molar-refractivity contribution in [3.63, 3.8) is 0 Å². The van der Waals surface area contributed by atoms with E-state index < -0.39 is 25.1 Å². The van der Waals surface area contributed by atoms with E-state index >= 15 is 0 Å². The minimum absolute atomic E-state index is 0.248. The van der Waals surface area contributed by atoms with Crippen LogP contribution in [0.3, 0.4) is 0 Å². The van der Waals surface area contributed by atoms with Crippen molar-refractivity contribution < 1.29 is 23.1 Å². The predicted molar refractivity (Wildman–Crippen MR) is 69.7 cm³/mol. The molecule has 0 heterocycles. The van der Waals surface area contributed by atoms with Gasteiger partial charge in [-0.3, -0.25) is 4.57 Å². The maximum absolute atomic E-state index is 12.3. The number of carbonyl (C=O) groups excluding carboxylic acids is 1. The van der Waals surface area contributed by atoms with Crippen LogP contribution in [0, 0.1) is 0 Å². The molecule has 18 heavy (non-hydrogen) atoms. The van der Waals surface area contributed by atoms with E-state index in [1.165, 1.54) is 0 Å². The summed E-state index contributed by atoms with van der Waals surface area (Å²) in [5.41, 5.74) is -0.606. The first kappa shape index (κ1) is 17.4. The summed E-state index contributed by atoms with van der Waals surface area (Å²) in [5, 5.41) is 2.47. The molecule has 0 aliphatic carbocycles. The van der Waals surface area contributed by atoms with Crippen molar-refractivity contribution >= 4 is 13.7 Å². The summed E-state index contributed by atoms with van der Waals surface area (Å²) in [5.74, 6) is -0.757.